The van der Waals surface area contributed by atoms with Crippen LogP contribution in [0.2, 0.25) is 0 Å². The summed E-state index contributed by atoms with van der Waals surface area (Å²) in [5.74, 6) is 0.940. The number of hydrogen-bond donors (Lipinski definition) is 1. The maximum absolute atomic E-state index is 6.12. The summed E-state index contributed by atoms with van der Waals surface area (Å²) >= 11 is 0. The van der Waals surface area contributed by atoms with Crippen molar-refractivity contribution >= 4 is 20.6 Å². The van der Waals surface area contributed by atoms with Crippen molar-refractivity contribution in [3.8, 4) is 11.3 Å². The Morgan fingerprint density at radius 3 is 2.38 bits per heavy atom. The van der Waals surface area contributed by atoms with E-state index in [0.29, 0.717) is 0 Å². The highest BCUT2D eigenvalue weighted by Crippen LogP contribution is 2.36. The molecule has 2 fully saturated rings. The van der Waals surface area contributed by atoms with E-state index >= 15 is 0 Å². The molecule has 0 saturated carbocycles. The van der Waals surface area contributed by atoms with Gasteiger partial charge in [-0.3, -0.25) is 0 Å². The highest BCUT2D eigenvalue weighted by molar-refractivity contribution is 6.62. The van der Waals surface area contributed by atoms with Crippen LogP contribution in [0.5, 0.6) is 0 Å². The van der Waals surface area contributed by atoms with Crippen molar-refractivity contribution in [2.75, 3.05) is 6.54 Å². The molecule has 0 spiro atoms. The first-order valence-corrected chi connectivity index (χ1v) is 9.29. The molecule has 2 aromatic rings. The maximum atomic E-state index is 6.12. The molecule has 4 rings (SSSR count). The van der Waals surface area contributed by atoms with Gasteiger partial charge in [0, 0.05) is 0 Å². The molecule has 0 aliphatic carbocycles. The minimum Gasteiger partial charge on any atom is -0.399 e. The van der Waals surface area contributed by atoms with E-state index in [1.165, 1.54) is 0 Å². The first-order valence-electron chi connectivity index (χ1n) is 9.29. The molecule has 1 unspecified atom stereocenters. The van der Waals surface area contributed by atoms with Crippen LogP contribution >= 0.6 is 0 Å². The summed E-state index contributed by atoms with van der Waals surface area (Å²) in [4.78, 5) is 9.82. The quantitative estimate of drug-likeness (QED) is 0.866. The van der Waals surface area contributed by atoms with Gasteiger partial charge in [0.1, 0.15) is 5.82 Å². The molecule has 7 heteroatoms. The number of imidazole rings is 1. The lowest BCUT2D eigenvalue weighted by molar-refractivity contribution is 0.00578. The monoisotopic (exact) mass is 349 g/mol. The SMILES string of the molecule is [B]N1CCCC1c1ncc(-c2ccc(B3OC(C)(C)C(C)(C)O3)cc2)[nH]1. The molecule has 134 valence electrons. The number of H-pyrrole nitrogens is 1. The topological polar surface area (TPSA) is 50.4 Å². The zero-order chi connectivity index (χ0) is 18.5. The van der Waals surface area contributed by atoms with Crippen molar-refractivity contribution in [1.29, 1.82) is 0 Å². The lowest BCUT2D eigenvalue weighted by atomic mass is 9.79. The Hall–Kier alpha value is -1.56. The summed E-state index contributed by atoms with van der Waals surface area (Å²) in [6.07, 6.45) is 4.04. The van der Waals surface area contributed by atoms with Crippen LogP contribution in [-0.2, 0) is 9.31 Å². The van der Waals surface area contributed by atoms with Crippen molar-refractivity contribution in [2.24, 2.45) is 0 Å². The Labute approximate surface area is 157 Å². The lowest BCUT2D eigenvalue weighted by Crippen LogP contribution is -2.41. The third kappa shape index (κ3) is 3.02. The minimum atomic E-state index is -0.337. The van der Waals surface area contributed by atoms with E-state index in [4.69, 9.17) is 17.3 Å². The van der Waals surface area contributed by atoms with Crippen LogP contribution < -0.4 is 5.46 Å². The number of hydrogen-bond acceptors (Lipinski definition) is 4. The first kappa shape index (κ1) is 17.8. The molecule has 2 aliphatic rings. The van der Waals surface area contributed by atoms with Crippen LogP contribution in [0.15, 0.2) is 30.5 Å². The Kier molecular flexibility index (Phi) is 4.29. The molecule has 2 saturated heterocycles. The summed E-state index contributed by atoms with van der Waals surface area (Å²) in [5.41, 5.74) is 2.45. The standard InChI is InChI=1S/C19H25B2N3O2/c1-18(2)19(3,4)26-21(25-18)14-9-7-13(8-10-14)15-12-22-17(23-15)16-6-5-11-24(16)20/h7-10,12,16H,5-6,11H2,1-4H3,(H,22,23). The van der Waals surface area contributed by atoms with Gasteiger partial charge in [0.25, 0.3) is 0 Å². The summed E-state index contributed by atoms with van der Waals surface area (Å²) in [5, 5.41) is 0. The number of nitrogens with zero attached hydrogens (tertiary/aromatic N) is 2. The summed E-state index contributed by atoms with van der Waals surface area (Å²) in [6.45, 7) is 9.19. The number of aromatic nitrogens is 2. The van der Waals surface area contributed by atoms with E-state index in [2.05, 4.69) is 61.9 Å². The van der Waals surface area contributed by atoms with E-state index in [9.17, 15) is 0 Å². The molecular formula is C19H25B2N3O2. The molecular weight excluding hydrogens is 324 g/mol. The molecule has 26 heavy (non-hydrogen) atoms. The fourth-order valence-electron chi connectivity index (χ4n) is 3.53. The summed E-state index contributed by atoms with van der Waals surface area (Å²) in [7, 11) is 5.70. The van der Waals surface area contributed by atoms with Crippen molar-refractivity contribution in [3.05, 3.63) is 36.3 Å². The van der Waals surface area contributed by atoms with Crippen LogP contribution in [-0.4, -0.2) is 47.6 Å². The van der Waals surface area contributed by atoms with E-state index in [1.807, 2.05) is 11.0 Å². The molecule has 1 atom stereocenters. The lowest BCUT2D eigenvalue weighted by Gasteiger charge is -2.32. The van der Waals surface area contributed by atoms with Gasteiger partial charge >= 0.3 is 7.12 Å². The van der Waals surface area contributed by atoms with Gasteiger partial charge in [-0.25, -0.2) is 4.98 Å². The molecule has 1 N–H and O–H groups in total. The van der Waals surface area contributed by atoms with Crippen LogP contribution in [0.4, 0.5) is 0 Å². The van der Waals surface area contributed by atoms with Crippen molar-refractivity contribution < 1.29 is 9.31 Å². The molecule has 1 aromatic carbocycles. The molecule has 3 heterocycles. The van der Waals surface area contributed by atoms with Crippen LogP contribution in [0, 0.1) is 0 Å². The smallest absolute Gasteiger partial charge is 0.399 e. The van der Waals surface area contributed by atoms with Gasteiger partial charge in [-0.15, -0.1) is 0 Å². The van der Waals surface area contributed by atoms with Gasteiger partial charge in [0.05, 0.1) is 29.1 Å². The van der Waals surface area contributed by atoms with Crippen LogP contribution in [0.25, 0.3) is 11.3 Å². The highest BCUT2D eigenvalue weighted by Gasteiger charge is 2.51. The summed E-state index contributed by atoms with van der Waals surface area (Å²) in [6, 6.07) is 8.46. The number of aromatic amines is 1. The van der Waals surface area contributed by atoms with E-state index in [1.54, 1.807) is 0 Å². The average molecular weight is 349 g/mol. The number of benzene rings is 1. The average Bonchev–Trinajstić information content (AvgIpc) is 3.26. The second kappa shape index (κ2) is 6.25. The van der Waals surface area contributed by atoms with E-state index < -0.39 is 0 Å². The molecule has 0 amide bonds. The molecule has 5 nitrogen and oxygen atoms in total. The number of rotatable bonds is 3. The summed E-state index contributed by atoms with van der Waals surface area (Å²) < 4.78 is 12.2. The van der Waals surface area contributed by atoms with Gasteiger partial charge < -0.3 is 19.1 Å². The van der Waals surface area contributed by atoms with Gasteiger partial charge in [-0.2, -0.15) is 0 Å². The van der Waals surface area contributed by atoms with Crippen molar-refractivity contribution in [1.82, 2.24) is 14.8 Å². The Bertz CT molecular complexity index is 772. The zero-order valence-corrected chi connectivity index (χ0v) is 16.0. The van der Waals surface area contributed by atoms with Crippen LogP contribution in [0.3, 0.4) is 0 Å². The van der Waals surface area contributed by atoms with E-state index in [0.717, 1.165) is 41.9 Å². The highest BCUT2D eigenvalue weighted by atomic mass is 16.7. The molecule has 2 aliphatic heterocycles. The van der Waals surface area contributed by atoms with Gasteiger partial charge in [0.2, 0.25) is 0 Å². The van der Waals surface area contributed by atoms with Crippen LogP contribution in [0.1, 0.15) is 52.4 Å². The fraction of sp³-hybridized carbons (Fsp3) is 0.526. The van der Waals surface area contributed by atoms with Gasteiger partial charge in [-0.05, 0) is 58.1 Å². The number of nitrogens with one attached hydrogen (secondary N) is 1. The Morgan fingerprint density at radius 2 is 1.81 bits per heavy atom. The van der Waals surface area contributed by atoms with Gasteiger partial charge in [-0.1, -0.05) is 24.3 Å². The normalized spacial score (nSPS) is 25.1. The third-order valence-electron chi connectivity index (χ3n) is 5.95. The Balaban J connectivity index is 1.51. The second-order valence-electron chi connectivity index (χ2n) is 8.29. The van der Waals surface area contributed by atoms with E-state index in [-0.39, 0.29) is 24.4 Å². The molecule has 1 aromatic heterocycles. The van der Waals surface area contributed by atoms with Gasteiger partial charge in [0.15, 0.2) is 7.98 Å². The predicted molar refractivity (Wildman–Crippen MR) is 104 cm³/mol. The fourth-order valence-corrected chi connectivity index (χ4v) is 3.53. The molecule has 0 bridgehead atoms. The van der Waals surface area contributed by atoms with Crippen molar-refractivity contribution in [3.63, 3.8) is 0 Å². The van der Waals surface area contributed by atoms with Crippen molar-refractivity contribution in [2.45, 2.75) is 57.8 Å². The zero-order valence-electron chi connectivity index (χ0n) is 16.0. The minimum absolute atomic E-state index is 0.188. The predicted octanol–water partition coefficient (Wildman–Crippen LogP) is 2.60. The largest absolute Gasteiger partial charge is 0.494 e. The molecule has 2 radical (unpaired) electrons. The third-order valence-corrected chi connectivity index (χ3v) is 5.95. The Morgan fingerprint density at radius 1 is 1.15 bits per heavy atom. The first-order chi connectivity index (χ1) is 12.3. The maximum Gasteiger partial charge on any atom is 0.494 e. The second-order valence-corrected chi connectivity index (χ2v) is 8.29.